The minimum absolute atomic E-state index is 0.0995. The zero-order valence-corrected chi connectivity index (χ0v) is 8.72. The highest BCUT2D eigenvalue weighted by atomic mass is 32.1. The maximum atomic E-state index is 12.6. The van der Waals surface area contributed by atoms with E-state index in [0.29, 0.717) is 0 Å². The largest absolute Gasteiger partial charge is 0.416 e. The van der Waals surface area contributed by atoms with E-state index in [4.69, 9.17) is 5.11 Å². The second kappa shape index (κ2) is 4.90. The van der Waals surface area contributed by atoms with Crippen LogP contribution < -0.4 is 0 Å². The van der Waals surface area contributed by atoms with Gasteiger partial charge in [0, 0.05) is 5.92 Å². The summed E-state index contributed by atoms with van der Waals surface area (Å²) in [5, 5.41) is 8.95. The minimum Gasteiger partial charge on any atom is -0.396 e. The summed E-state index contributed by atoms with van der Waals surface area (Å²) < 4.78 is 37.7. The number of halogens is 3. The first kappa shape index (κ1) is 12.4. The first-order valence-corrected chi connectivity index (χ1v) is 5.01. The Balaban J connectivity index is 3.17. The molecule has 0 spiro atoms. The number of hydrogen-bond acceptors (Lipinski definition) is 2. The molecule has 1 unspecified atom stereocenters. The standard InChI is InChI=1S/C10H11F3OS/c11-10(12,13)9-4-2-1-3-8(9)7(5-14)6-15/h1-4,7,14-15H,5-6H2. The van der Waals surface area contributed by atoms with Crippen molar-refractivity contribution in [1.82, 2.24) is 0 Å². The van der Waals surface area contributed by atoms with Gasteiger partial charge >= 0.3 is 6.18 Å². The molecule has 15 heavy (non-hydrogen) atoms. The predicted octanol–water partition coefficient (Wildman–Crippen LogP) is 2.71. The summed E-state index contributed by atoms with van der Waals surface area (Å²) in [6, 6.07) is 5.25. The highest BCUT2D eigenvalue weighted by Crippen LogP contribution is 2.35. The summed E-state index contributed by atoms with van der Waals surface area (Å²) in [6.07, 6.45) is -4.38. The van der Waals surface area contributed by atoms with Gasteiger partial charge in [-0.05, 0) is 17.4 Å². The van der Waals surface area contributed by atoms with E-state index in [-0.39, 0.29) is 17.9 Å². The summed E-state index contributed by atoms with van der Waals surface area (Å²) >= 11 is 3.92. The van der Waals surface area contributed by atoms with E-state index in [0.717, 1.165) is 6.07 Å². The lowest BCUT2D eigenvalue weighted by Crippen LogP contribution is -2.15. The number of aliphatic hydroxyl groups excluding tert-OH is 1. The second-order valence-corrected chi connectivity index (χ2v) is 3.51. The molecule has 0 aliphatic heterocycles. The van der Waals surface area contributed by atoms with E-state index >= 15 is 0 Å². The van der Waals surface area contributed by atoms with Gasteiger partial charge in [0.2, 0.25) is 0 Å². The monoisotopic (exact) mass is 236 g/mol. The van der Waals surface area contributed by atoms with Gasteiger partial charge in [-0.2, -0.15) is 25.8 Å². The Hall–Kier alpha value is -0.680. The summed E-state index contributed by atoms with van der Waals surface area (Å²) in [4.78, 5) is 0. The fourth-order valence-electron chi connectivity index (χ4n) is 1.37. The van der Waals surface area contributed by atoms with Gasteiger partial charge < -0.3 is 5.11 Å². The van der Waals surface area contributed by atoms with Crippen molar-refractivity contribution in [2.24, 2.45) is 0 Å². The van der Waals surface area contributed by atoms with Crippen molar-refractivity contribution < 1.29 is 18.3 Å². The molecular formula is C10H11F3OS. The number of benzene rings is 1. The molecule has 0 amide bonds. The summed E-state index contributed by atoms with van der Waals surface area (Å²) in [5.74, 6) is -0.394. The molecule has 1 aromatic carbocycles. The highest BCUT2D eigenvalue weighted by molar-refractivity contribution is 7.80. The quantitative estimate of drug-likeness (QED) is 0.773. The van der Waals surface area contributed by atoms with Crippen LogP contribution in [0, 0.1) is 0 Å². The third-order valence-electron chi connectivity index (χ3n) is 2.15. The smallest absolute Gasteiger partial charge is 0.396 e. The van der Waals surface area contributed by atoms with Gasteiger partial charge in [0.05, 0.1) is 12.2 Å². The molecule has 84 valence electrons. The molecule has 1 N–H and O–H groups in total. The van der Waals surface area contributed by atoms with E-state index < -0.39 is 17.7 Å². The first-order chi connectivity index (χ1) is 7.00. The van der Waals surface area contributed by atoms with Crippen molar-refractivity contribution in [1.29, 1.82) is 0 Å². The lowest BCUT2D eigenvalue weighted by molar-refractivity contribution is -0.138. The first-order valence-electron chi connectivity index (χ1n) is 4.38. The number of alkyl halides is 3. The Labute approximate surface area is 91.3 Å². The van der Waals surface area contributed by atoms with E-state index in [9.17, 15) is 13.2 Å². The SMILES string of the molecule is OCC(CS)c1ccccc1C(F)(F)F. The normalized spacial score (nSPS) is 13.9. The summed E-state index contributed by atoms with van der Waals surface area (Å²) in [5.41, 5.74) is -0.597. The molecule has 0 fully saturated rings. The molecule has 5 heteroatoms. The van der Waals surface area contributed by atoms with Gasteiger partial charge in [-0.25, -0.2) is 0 Å². The van der Waals surface area contributed by atoms with Crippen LogP contribution in [0.25, 0.3) is 0 Å². The number of thiol groups is 1. The van der Waals surface area contributed by atoms with Gasteiger partial charge in [0.15, 0.2) is 0 Å². The van der Waals surface area contributed by atoms with Crippen LogP contribution in [-0.4, -0.2) is 17.5 Å². The van der Waals surface area contributed by atoms with Crippen molar-refractivity contribution in [3.8, 4) is 0 Å². The molecule has 0 saturated carbocycles. The maximum Gasteiger partial charge on any atom is 0.416 e. The Kier molecular flexibility index (Phi) is 4.04. The Morgan fingerprint density at radius 3 is 2.33 bits per heavy atom. The number of hydrogen-bond donors (Lipinski definition) is 2. The van der Waals surface area contributed by atoms with Crippen LogP contribution in [0.4, 0.5) is 13.2 Å². The summed E-state index contributed by atoms with van der Waals surface area (Å²) in [7, 11) is 0. The van der Waals surface area contributed by atoms with Crippen molar-refractivity contribution >= 4 is 12.6 Å². The zero-order chi connectivity index (χ0) is 11.5. The van der Waals surface area contributed by atoms with Crippen molar-refractivity contribution in [3.63, 3.8) is 0 Å². The molecule has 1 aromatic rings. The number of aliphatic hydroxyl groups is 1. The van der Waals surface area contributed by atoms with Crippen molar-refractivity contribution in [2.45, 2.75) is 12.1 Å². The van der Waals surface area contributed by atoms with Gasteiger partial charge in [-0.1, -0.05) is 18.2 Å². The molecule has 0 heterocycles. The van der Waals surface area contributed by atoms with Crippen LogP contribution in [0.5, 0.6) is 0 Å². The highest BCUT2D eigenvalue weighted by Gasteiger charge is 2.34. The van der Waals surface area contributed by atoms with E-state index in [1.807, 2.05) is 0 Å². The lowest BCUT2D eigenvalue weighted by atomic mass is 9.96. The van der Waals surface area contributed by atoms with Crippen molar-refractivity contribution in [2.75, 3.05) is 12.4 Å². The minimum atomic E-state index is -4.38. The third-order valence-corrected chi connectivity index (χ3v) is 2.59. The van der Waals surface area contributed by atoms with Crippen LogP contribution in [0.2, 0.25) is 0 Å². The average molecular weight is 236 g/mol. The van der Waals surface area contributed by atoms with Crippen LogP contribution in [0.15, 0.2) is 24.3 Å². The average Bonchev–Trinajstić information content (AvgIpc) is 2.19. The molecule has 0 radical (unpaired) electrons. The van der Waals surface area contributed by atoms with Gasteiger partial charge in [-0.15, -0.1) is 0 Å². The van der Waals surface area contributed by atoms with Gasteiger partial charge in [0.25, 0.3) is 0 Å². The Morgan fingerprint density at radius 2 is 1.87 bits per heavy atom. The fourth-order valence-corrected chi connectivity index (χ4v) is 1.68. The van der Waals surface area contributed by atoms with E-state index in [2.05, 4.69) is 12.6 Å². The van der Waals surface area contributed by atoms with Crippen molar-refractivity contribution in [3.05, 3.63) is 35.4 Å². The summed E-state index contributed by atoms with van der Waals surface area (Å²) in [6.45, 7) is -0.337. The van der Waals surface area contributed by atoms with Gasteiger partial charge in [-0.3, -0.25) is 0 Å². The van der Waals surface area contributed by atoms with Crippen LogP contribution >= 0.6 is 12.6 Å². The van der Waals surface area contributed by atoms with Crippen LogP contribution in [-0.2, 0) is 6.18 Å². The Morgan fingerprint density at radius 1 is 1.27 bits per heavy atom. The maximum absolute atomic E-state index is 12.6. The fraction of sp³-hybridized carbons (Fsp3) is 0.400. The molecule has 1 nitrogen and oxygen atoms in total. The van der Waals surface area contributed by atoms with Crippen LogP contribution in [0.1, 0.15) is 17.0 Å². The molecule has 0 aliphatic carbocycles. The zero-order valence-electron chi connectivity index (χ0n) is 7.83. The van der Waals surface area contributed by atoms with Gasteiger partial charge in [0.1, 0.15) is 0 Å². The molecule has 1 atom stereocenters. The Bertz CT molecular complexity index is 321. The number of rotatable bonds is 3. The molecule has 1 rings (SSSR count). The molecule has 0 bridgehead atoms. The molecule has 0 aromatic heterocycles. The van der Waals surface area contributed by atoms with Crippen LogP contribution in [0.3, 0.4) is 0 Å². The molecular weight excluding hydrogens is 225 g/mol. The molecule has 0 saturated heterocycles. The lowest BCUT2D eigenvalue weighted by Gasteiger charge is -2.18. The second-order valence-electron chi connectivity index (χ2n) is 3.15. The topological polar surface area (TPSA) is 20.2 Å². The van der Waals surface area contributed by atoms with E-state index in [1.165, 1.54) is 18.2 Å². The van der Waals surface area contributed by atoms with E-state index in [1.54, 1.807) is 0 Å². The predicted molar refractivity (Wildman–Crippen MR) is 55.1 cm³/mol. The molecule has 0 aliphatic rings. The third kappa shape index (κ3) is 2.89.